The smallest absolute Gasteiger partial charge is 0.223 e. The van der Waals surface area contributed by atoms with Gasteiger partial charge in [-0.2, -0.15) is 0 Å². The van der Waals surface area contributed by atoms with Gasteiger partial charge >= 0.3 is 0 Å². The van der Waals surface area contributed by atoms with Crippen LogP contribution in [0, 0.1) is 5.92 Å². The Morgan fingerprint density at radius 2 is 1.81 bits per heavy atom. The molecule has 0 unspecified atom stereocenters. The third-order valence-corrected chi connectivity index (χ3v) is 6.50. The molecule has 0 aromatic carbocycles. The number of hydrogen-bond acceptors (Lipinski definition) is 4. The number of pyridine rings is 1. The molecule has 1 aromatic rings. The molecule has 0 N–H and O–H groups in total. The summed E-state index contributed by atoms with van der Waals surface area (Å²) in [6.45, 7) is 5.60. The van der Waals surface area contributed by atoms with Gasteiger partial charge < -0.3 is 9.80 Å². The van der Waals surface area contributed by atoms with Crippen molar-refractivity contribution in [2.45, 2.75) is 57.4 Å². The van der Waals surface area contributed by atoms with Gasteiger partial charge in [-0.05, 0) is 43.7 Å². The standard InChI is InChI=1S/C22H34N4O/c27-22(25-16-14-24(15-17-25)21-8-4-5-12-23-21)11-13-26(20-9-10-20)18-19-6-2-1-3-7-19/h4-5,8,12,19-20H,1-3,6-7,9-11,13-18H2. The lowest BCUT2D eigenvalue weighted by molar-refractivity contribution is -0.131. The first-order valence-electron chi connectivity index (χ1n) is 11.0. The molecule has 1 aromatic heterocycles. The van der Waals surface area contributed by atoms with Crippen LogP contribution in [-0.4, -0.2) is 66.0 Å². The molecule has 4 rings (SSSR count). The minimum Gasteiger partial charge on any atom is -0.353 e. The Hall–Kier alpha value is -1.62. The fourth-order valence-corrected chi connectivity index (χ4v) is 4.69. The van der Waals surface area contributed by atoms with E-state index in [-0.39, 0.29) is 0 Å². The number of piperazine rings is 1. The predicted molar refractivity (Wildman–Crippen MR) is 109 cm³/mol. The highest BCUT2D eigenvalue weighted by Crippen LogP contribution is 2.31. The van der Waals surface area contributed by atoms with Crippen LogP contribution in [0.1, 0.15) is 51.4 Å². The maximum absolute atomic E-state index is 12.7. The number of rotatable bonds is 7. The molecule has 1 aliphatic heterocycles. The van der Waals surface area contributed by atoms with Crippen LogP contribution in [0.5, 0.6) is 0 Å². The molecule has 5 heteroatoms. The Morgan fingerprint density at radius 1 is 1.04 bits per heavy atom. The van der Waals surface area contributed by atoms with E-state index < -0.39 is 0 Å². The first-order valence-corrected chi connectivity index (χ1v) is 11.0. The molecular weight excluding hydrogens is 336 g/mol. The van der Waals surface area contributed by atoms with E-state index in [1.807, 2.05) is 18.3 Å². The fraction of sp³-hybridized carbons (Fsp3) is 0.727. The van der Waals surface area contributed by atoms with Crippen molar-refractivity contribution >= 4 is 11.7 Å². The van der Waals surface area contributed by atoms with Crippen molar-refractivity contribution in [3.63, 3.8) is 0 Å². The van der Waals surface area contributed by atoms with Crippen molar-refractivity contribution in [2.24, 2.45) is 5.92 Å². The number of carbonyl (C=O) groups is 1. The number of carbonyl (C=O) groups excluding carboxylic acids is 1. The van der Waals surface area contributed by atoms with Crippen LogP contribution in [0.2, 0.25) is 0 Å². The largest absolute Gasteiger partial charge is 0.353 e. The number of aromatic nitrogens is 1. The minimum atomic E-state index is 0.338. The normalized spacial score (nSPS) is 21.7. The molecule has 1 amide bonds. The highest BCUT2D eigenvalue weighted by atomic mass is 16.2. The van der Waals surface area contributed by atoms with E-state index in [0.717, 1.165) is 50.5 Å². The van der Waals surface area contributed by atoms with Gasteiger partial charge in [0.2, 0.25) is 5.91 Å². The van der Waals surface area contributed by atoms with E-state index in [1.54, 1.807) is 0 Å². The molecule has 5 nitrogen and oxygen atoms in total. The van der Waals surface area contributed by atoms with E-state index in [2.05, 4.69) is 25.8 Å². The first-order chi connectivity index (χ1) is 13.3. The Kier molecular flexibility index (Phi) is 6.28. The fourth-order valence-electron chi connectivity index (χ4n) is 4.69. The van der Waals surface area contributed by atoms with Crippen LogP contribution >= 0.6 is 0 Å². The Balaban J connectivity index is 1.21. The zero-order chi connectivity index (χ0) is 18.5. The maximum Gasteiger partial charge on any atom is 0.223 e. The van der Waals surface area contributed by atoms with Crippen molar-refractivity contribution in [1.82, 2.24) is 14.8 Å². The van der Waals surface area contributed by atoms with Crippen LogP contribution in [-0.2, 0) is 4.79 Å². The molecule has 0 atom stereocenters. The molecule has 2 aliphatic carbocycles. The molecule has 2 heterocycles. The van der Waals surface area contributed by atoms with Gasteiger partial charge in [0.25, 0.3) is 0 Å². The van der Waals surface area contributed by atoms with Gasteiger partial charge in [0.1, 0.15) is 5.82 Å². The van der Waals surface area contributed by atoms with Gasteiger partial charge in [-0.25, -0.2) is 4.98 Å². The van der Waals surface area contributed by atoms with Gasteiger partial charge in [-0.3, -0.25) is 9.69 Å². The van der Waals surface area contributed by atoms with E-state index in [0.29, 0.717) is 12.3 Å². The summed E-state index contributed by atoms with van der Waals surface area (Å²) in [6, 6.07) is 6.79. The van der Waals surface area contributed by atoms with Crippen LogP contribution in [0.25, 0.3) is 0 Å². The number of amides is 1. The molecule has 3 aliphatic rings. The van der Waals surface area contributed by atoms with Gasteiger partial charge in [0.05, 0.1) is 0 Å². The van der Waals surface area contributed by atoms with Crippen LogP contribution in [0.3, 0.4) is 0 Å². The van der Waals surface area contributed by atoms with Gasteiger partial charge in [0, 0.05) is 57.9 Å². The van der Waals surface area contributed by atoms with Crippen LogP contribution in [0.15, 0.2) is 24.4 Å². The van der Waals surface area contributed by atoms with Crippen molar-refractivity contribution < 1.29 is 4.79 Å². The van der Waals surface area contributed by atoms with Gasteiger partial charge in [-0.15, -0.1) is 0 Å². The summed E-state index contributed by atoms with van der Waals surface area (Å²) >= 11 is 0. The van der Waals surface area contributed by atoms with Gasteiger partial charge in [-0.1, -0.05) is 25.3 Å². The minimum absolute atomic E-state index is 0.338. The highest BCUT2D eigenvalue weighted by molar-refractivity contribution is 5.76. The topological polar surface area (TPSA) is 39.7 Å². The number of hydrogen-bond donors (Lipinski definition) is 0. The van der Waals surface area contributed by atoms with Crippen molar-refractivity contribution in [3.8, 4) is 0 Å². The lowest BCUT2D eigenvalue weighted by Crippen LogP contribution is -2.49. The lowest BCUT2D eigenvalue weighted by atomic mass is 9.89. The average Bonchev–Trinajstić information content (AvgIpc) is 3.58. The summed E-state index contributed by atoms with van der Waals surface area (Å²) < 4.78 is 0. The molecule has 2 saturated carbocycles. The molecule has 0 radical (unpaired) electrons. The molecule has 148 valence electrons. The third-order valence-electron chi connectivity index (χ3n) is 6.50. The molecule has 3 fully saturated rings. The average molecular weight is 371 g/mol. The molecular formula is C22H34N4O. The van der Waals surface area contributed by atoms with E-state index >= 15 is 0 Å². The summed E-state index contributed by atoms with van der Waals surface area (Å²) in [5.74, 6) is 2.23. The SMILES string of the molecule is O=C(CCN(CC1CCCCC1)C1CC1)N1CCN(c2ccccn2)CC1. The predicted octanol–water partition coefficient (Wildman–Crippen LogP) is 3.17. The number of anilines is 1. The quantitative estimate of drug-likeness (QED) is 0.739. The Morgan fingerprint density at radius 3 is 2.48 bits per heavy atom. The van der Waals surface area contributed by atoms with Crippen LogP contribution in [0.4, 0.5) is 5.82 Å². The van der Waals surface area contributed by atoms with Crippen molar-refractivity contribution in [3.05, 3.63) is 24.4 Å². The molecule has 0 spiro atoms. The maximum atomic E-state index is 12.7. The third kappa shape index (κ3) is 5.22. The van der Waals surface area contributed by atoms with E-state index in [9.17, 15) is 4.79 Å². The summed E-state index contributed by atoms with van der Waals surface area (Å²) in [5, 5.41) is 0. The summed E-state index contributed by atoms with van der Waals surface area (Å²) in [7, 11) is 0. The van der Waals surface area contributed by atoms with E-state index in [4.69, 9.17) is 0 Å². The molecule has 27 heavy (non-hydrogen) atoms. The Bertz CT molecular complexity index is 590. The first kappa shape index (κ1) is 18.7. The van der Waals surface area contributed by atoms with Crippen LogP contribution < -0.4 is 4.90 Å². The lowest BCUT2D eigenvalue weighted by Gasteiger charge is -2.36. The second kappa shape index (κ2) is 9.05. The van der Waals surface area contributed by atoms with Crippen molar-refractivity contribution in [2.75, 3.05) is 44.2 Å². The second-order valence-electron chi connectivity index (χ2n) is 8.54. The zero-order valence-electron chi connectivity index (χ0n) is 16.6. The summed E-state index contributed by atoms with van der Waals surface area (Å²) in [6.07, 6.45) is 12.2. The molecule has 1 saturated heterocycles. The second-order valence-corrected chi connectivity index (χ2v) is 8.54. The van der Waals surface area contributed by atoms with Crippen molar-refractivity contribution in [1.29, 1.82) is 0 Å². The molecule has 0 bridgehead atoms. The summed E-state index contributed by atoms with van der Waals surface area (Å²) in [5.41, 5.74) is 0. The summed E-state index contributed by atoms with van der Waals surface area (Å²) in [4.78, 5) is 24.2. The Labute approximate surface area is 163 Å². The van der Waals surface area contributed by atoms with E-state index in [1.165, 1.54) is 51.5 Å². The monoisotopic (exact) mass is 370 g/mol. The van der Waals surface area contributed by atoms with Gasteiger partial charge in [0.15, 0.2) is 0 Å². The zero-order valence-corrected chi connectivity index (χ0v) is 16.6. The number of nitrogens with zero attached hydrogens (tertiary/aromatic N) is 4. The highest BCUT2D eigenvalue weighted by Gasteiger charge is 2.31.